The number of piperazine rings is 2. The minimum atomic E-state index is -0.587. The van der Waals surface area contributed by atoms with E-state index in [9.17, 15) is 28.0 Å². The lowest BCUT2D eigenvalue weighted by molar-refractivity contribution is -0.132. The Bertz CT molecular complexity index is 2000. The number of carbonyl (C=O) groups excluding carboxylic acids is 4. The van der Waals surface area contributed by atoms with Crippen molar-refractivity contribution in [2.75, 3.05) is 39.5 Å². The van der Waals surface area contributed by atoms with Crippen LogP contribution >= 0.6 is 0 Å². The van der Waals surface area contributed by atoms with Gasteiger partial charge in [-0.3, -0.25) is 19.2 Å². The highest BCUT2D eigenvalue weighted by Crippen LogP contribution is 2.29. The van der Waals surface area contributed by atoms with Crippen LogP contribution in [0.4, 0.5) is 8.78 Å². The molecule has 18 heteroatoms. The van der Waals surface area contributed by atoms with Gasteiger partial charge in [0.1, 0.15) is 23.7 Å². The van der Waals surface area contributed by atoms with E-state index in [0.29, 0.717) is 63.5 Å². The molecule has 4 saturated heterocycles. The van der Waals surface area contributed by atoms with Crippen molar-refractivity contribution in [3.63, 3.8) is 0 Å². The van der Waals surface area contributed by atoms with E-state index in [1.165, 1.54) is 48.5 Å². The van der Waals surface area contributed by atoms with Crippen molar-refractivity contribution in [3.8, 4) is 22.9 Å². The first kappa shape index (κ1) is 44.4. The molecule has 2 aromatic heterocycles. The predicted molar refractivity (Wildman–Crippen MR) is 219 cm³/mol. The fourth-order valence-electron chi connectivity index (χ4n) is 8.49. The average Bonchev–Trinajstić information content (AvgIpc) is 3.97. The highest BCUT2D eigenvalue weighted by Gasteiger charge is 2.43. The van der Waals surface area contributed by atoms with Gasteiger partial charge in [-0.15, -0.1) is 0 Å². The molecule has 4 aromatic rings. The van der Waals surface area contributed by atoms with Gasteiger partial charge in [0.25, 0.3) is 35.2 Å². The Labute approximate surface area is 358 Å². The molecule has 0 spiro atoms. The van der Waals surface area contributed by atoms with Crippen LogP contribution in [0.15, 0.2) is 57.6 Å². The van der Waals surface area contributed by atoms with Crippen molar-refractivity contribution in [2.45, 2.75) is 90.4 Å². The molecule has 0 radical (unpaired) electrons. The van der Waals surface area contributed by atoms with Crippen LogP contribution < -0.4 is 10.6 Å². The number of hydrogen-bond donors (Lipinski definition) is 2. The second kappa shape index (κ2) is 20.0. The van der Waals surface area contributed by atoms with Crippen LogP contribution in [-0.2, 0) is 19.1 Å². The van der Waals surface area contributed by atoms with Gasteiger partial charge in [-0.2, -0.15) is 9.97 Å². The number of rotatable bonds is 10. The smallest absolute Gasteiger partial charge is 0.296 e. The summed E-state index contributed by atoms with van der Waals surface area (Å²) in [6.45, 7) is 11.5. The van der Waals surface area contributed by atoms with Gasteiger partial charge < -0.3 is 39.0 Å². The SMILES string of the molecule is CC(C)C[C@H]1C(=O)N[C@@H](C2CCOCC2)CN1C(=O)c1noc(-c2ccc(F)cc2)n1.CC(C)C[C@H]1C(=O)N[C@H](C2CCOCC2)CN1C(=O)c1noc(-c2ccc(F)cc2)n1. The van der Waals surface area contributed by atoms with Crippen molar-refractivity contribution in [3.05, 3.63) is 71.8 Å². The molecule has 4 amide bonds. The van der Waals surface area contributed by atoms with Crippen LogP contribution in [0.1, 0.15) is 87.5 Å². The summed E-state index contributed by atoms with van der Waals surface area (Å²) in [5.41, 5.74) is 1.03. The average molecular weight is 861 g/mol. The van der Waals surface area contributed by atoms with Gasteiger partial charge >= 0.3 is 0 Å². The Morgan fingerprint density at radius 3 is 1.32 bits per heavy atom. The van der Waals surface area contributed by atoms with Crippen molar-refractivity contribution in [2.24, 2.45) is 23.7 Å². The maximum atomic E-state index is 13.3. The van der Waals surface area contributed by atoms with Crippen molar-refractivity contribution in [1.82, 2.24) is 40.7 Å². The lowest BCUT2D eigenvalue weighted by atomic mass is 9.88. The molecule has 6 heterocycles. The summed E-state index contributed by atoms with van der Waals surface area (Å²) in [7, 11) is 0. The number of amides is 4. The molecule has 332 valence electrons. The van der Waals surface area contributed by atoms with Gasteiger partial charge in [-0.1, -0.05) is 38.0 Å². The summed E-state index contributed by atoms with van der Waals surface area (Å²) < 4.78 is 47.7. The quantitative estimate of drug-likeness (QED) is 0.209. The van der Waals surface area contributed by atoms with Crippen LogP contribution in [-0.4, -0.2) is 117 Å². The summed E-state index contributed by atoms with van der Waals surface area (Å²) >= 11 is 0. The molecule has 2 N–H and O–H groups in total. The van der Waals surface area contributed by atoms with E-state index >= 15 is 0 Å². The molecule has 0 saturated carbocycles. The summed E-state index contributed by atoms with van der Waals surface area (Å²) in [6, 6.07) is 9.73. The number of carbonyl (C=O) groups is 4. The van der Waals surface area contributed by atoms with Crippen molar-refractivity contribution >= 4 is 23.6 Å². The normalized spacial score (nSPS) is 22.6. The Morgan fingerprint density at radius 2 is 0.984 bits per heavy atom. The van der Waals surface area contributed by atoms with E-state index in [2.05, 4.69) is 30.9 Å². The van der Waals surface area contributed by atoms with E-state index in [1.54, 1.807) is 9.80 Å². The molecule has 8 rings (SSSR count). The highest BCUT2D eigenvalue weighted by molar-refractivity contribution is 5.97. The zero-order valence-electron chi connectivity index (χ0n) is 35.4. The van der Waals surface area contributed by atoms with Gasteiger partial charge in [0.2, 0.25) is 11.8 Å². The topological polar surface area (TPSA) is 195 Å². The number of aromatic nitrogens is 4. The number of nitrogens with one attached hydrogen (secondary N) is 2. The molecule has 2 aromatic carbocycles. The van der Waals surface area contributed by atoms with Gasteiger partial charge in [-0.25, -0.2) is 8.78 Å². The number of nitrogens with zero attached hydrogens (tertiary/aromatic N) is 6. The van der Waals surface area contributed by atoms with Gasteiger partial charge in [0.05, 0.1) is 0 Å². The molecule has 4 fully saturated rings. The first-order chi connectivity index (χ1) is 29.8. The summed E-state index contributed by atoms with van der Waals surface area (Å²) in [5, 5.41) is 13.9. The van der Waals surface area contributed by atoms with E-state index in [-0.39, 0.29) is 82.6 Å². The maximum absolute atomic E-state index is 13.3. The lowest BCUT2D eigenvalue weighted by Crippen LogP contribution is -2.64. The third kappa shape index (κ3) is 10.7. The van der Waals surface area contributed by atoms with E-state index < -0.39 is 23.9 Å². The molecular formula is C44H54F2N8O8. The Hall–Kier alpha value is -5.62. The summed E-state index contributed by atoms with van der Waals surface area (Å²) in [6.07, 6.45) is 4.47. The van der Waals surface area contributed by atoms with Crippen LogP contribution in [0.5, 0.6) is 0 Å². The first-order valence-electron chi connectivity index (χ1n) is 21.4. The Balaban J connectivity index is 0.000000186. The second-order valence-corrected chi connectivity index (χ2v) is 17.2. The molecule has 62 heavy (non-hydrogen) atoms. The van der Waals surface area contributed by atoms with E-state index in [4.69, 9.17) is 18.5 Å². The largest absolute Gasteiger partial charge is 0.381 e. The minimum absolute atomic E-state index is 0.103. The minimum Gasteiger partial charge on any atom is -0.381 e. The standard InChI is InChI=1S/2C22H27FN4O4/c2*1-13(2)11-18-20(28)24-17(14-7-9-30-10-8-14)12-27(18)22(29)19-25-21(31-26-19)15-3-5-16(23)6-4-15/h2*3-6,13-14,17-18H,7-12H2,1-2H3,(H,24,28)/t17-,18+;17-,18-/m10/s1. The molecular weight excluding hydrogens is 807 g/mol. The van der Waals surface area contributed by atoms with Crippen molar-refractivity contribution < 1.29 is 46.5 Å². The third-order valence-electron chi connectivity index (χ3n) is 11.8. The third-order valence-corrected chi connectivity index (χ3v) is 11.8. The predicted octanol–water partition coefficient (Wildman–Crippen LogP) is 5.32. The van der Waals surface area contributed by atoms with E-state index in [1.807, 2.05) is 27.7 Å². The number of halogens is 2. The maximum Gasteiger partial charge on any atom is 0.296 e. The summed E-state index contributed by atoms with van der Waals surface area (Å²) in [5.74, 6) is -0.899. The monoisotopic (exact) mass is 860 g/mol. The zero-order valence-corrected chi connectivity index (χ0v) is 35.4. The molecule has 4 aliphatic heterocycles. The van der Waals surface area contributed by atoms with Crippen LogP contribution in [0, 0.1) is 35.3 Å². The van der Waals surface area contributed by atoms with Gasteiger partial charge in [0.15, 0.2) is 0 Å². The first-order valence-corrected chi connectivity index (χ1v) is 21.4. The van der Waals surface area contributed by atoms with Crippen LogP contribution in [0.3, 0.4) is 0 Å². The Morgan fingerprint density at radius 1 is 0.629 bits per heavy atom. The van der Waals surface area contributed by atoms with Gasteiger partial charge in [0, 0.05) is 62.7 Å². The van der Waals surface area contributed by atoms with Gasteiger partial charge in [-0.05, 0) is 111 Å². The molecule has 0 bridgehead atoms. The number of hydrogen-bond acceptors (Lipinski definition) is 12. The second-order valence-electron chi connectivity index (χ2n) is 17.2. The van der Waals surface area contributed by atoms with Crippen LogP contribution in [0.2, 0.25) is 0 Å². The van der Waals surface area contributed by atoms with E-state index in [0.717, 1.165) is 25.7 Å². The lowest BCUT2D eigenvalue weighted by Gasteiger charge is -2.43. The molecule has 4 aliphatic rings. The fraction of sp³-hybridized carbons (Fsp3) is 0.545. The Kier molecular flexibility index (Phi) is 14.4. The molecule has 4 atom stereocenters. The highest BCUT2D eigenvalue weighted by atomic mass is 19.1. The molecule has 0 aliphatic carbocycles. The van der Waals surface area contributed by atoms with Crippen molar-refractivity contribution in [1.29, 1.82) is 0 Å². The summed E-state index contributed by atoms with van der Waals surface area (Å²) in [4.78, 5) is 64.2. The number of benzene rings is 2. The molecule has 16 nitrogen and oxygen atoms in total. The number of ether oxygens (including phenoxy) is 2. The fourth-order valence-corrected chi connectivity index (χ4v) is 8.49. The zero-order chi connectivity index (χ0) is 43.9. The van der Waals surface area contributed by atoms with Crippen LogP contribution in [0.25, 0.3) is 22.9 Å². The molecule has 0 unspecified atom stereocenters.